The molecular weight excluding hydrogens is 304 g/mol. The van der Waals surface area contributed by atoms with Crippen molar-refractivity contribution in [2.75, 3.05) is 6.54 Å². The Bertz CT molecular complexity index is 814. The number of hydrogen-bond acceptors (Lipinski definition) is 4. The Labute approximate surface area is 128 Å². The second kappa shape index (κ2) is 5.19. The molecule has 0 aliphatic carbocycles. The van der Waals surface area contributed by atoms with Crippen molar-refractivity contribution in [2.45, 2.75) is 17.9 Å². The predicted octanol–water partition coefficient (Wildman–Crippen LogP) is 2.65. The Hall–Kier alpha value is -2.25. The maximum Gasteiger partial charge on any atom is 0.269 e. The average Bonchev–Trinajstić information content (AvgIpc) is 3.29. The predicted molar refractivity (Wildman–Crippen MR) is 80.9 cm³/mol. The topological polar surface area (TPSA) is 80.3 Å². The van der Waals surface area contributed by atoms with Gasteiger partial charge in [-0.1, -0.05) is 29.8 Å². The lowest BCUT2D eigenvalue weighted by Crippen LogP contribution is -2.12. The largest absolute Gasteiger partial charge is 0.269 e. The molecule has 1 aliphatic rings. The highest BCUT2D eigenvalue weighted by atomic mass is 32.2. The summed E-state index contributed by atoms with van der Waals surface area (Å²) in [4.78, 5) is 10.1. The highest BCUT2D eigenvalue weighted by molar-refractivity contribution is 7.89. The number of sulfonamides is 1. The van der Waals surface area contributed by atoms with Crippen LogP contribution in [0, 0.1) is 17.0 Å². The van der Waals surface area contributed by atoms with Crippen molar-refractivity contribution in [2.24, 2.45) is 0 Å². The van der Waals surface area contributed by atoms with E-state index >= 15 is 0 Å². The van der Waals surface area contributed by atoms with Crippen molar-refractivity contribution < 1.29 is 13.3 Å². The quantitative estimate of drug-likeness (QED) is 0.493. The van der Waals surface area contributed by atoms with E-state index in [0.717, 1.165) is 11.1 Å². The summed E-state index contributed by atoms with van der Waals surface area (Å²) in [6.45, 7) is 2.41. The maximum absolute atomic E-state index is 12.5. The Morgan fingerprint density at radius 3 is 2.23 bits per heavy atom. The van der Waals surface area contributed by atoms with Gasteiger partial charge in [0.25, 0.3) is 5.69 Å². The van der Waals surface area contributed by atoms with Crippen molar-refractivity contribution >= 4 is 15.7 Å². The number of aryl methyl sites for hydroxylation is 1. The van der Waals surface area contributed by atoms with Crippen LogP contribution < -0.4 is 0 Å². The number of hydrogen-bond donors (Lipinski definition) is 0. The van der Waals surface area contributed by atoms with Crippen LogP contribution in [0.25, 0.3) is 0 Å². The van der Waals surface area contributed by atoms with Crippen LogP contribution in [0.15, 0.2) is 53.4 Å². The van der Waals surface area contributed by atoms with Crippen LogP contribution in [0.2, 0.25) is 0 Å². The van der Waals surface area contributed by atoms with Gasteiger partial charge in [-0.15, -0.1) is 0 Å². The molecule has 2 aromatic carbocycles. The van der Waals surface area contributed by atoms with Crippen molar-refractivity contribution in [3.63, 3.8) is 0 Å². The lowest BCUT2D eigenvalue weighted by atomic mass is 10.1. The van der Waals surface area contributed by atoms with E-state index in [1.165, 1.54) is 28.6 Å². The fraction of sp³-hybridized carbons (Fsp3) is 0.200. The summed E-state index contributed by atoms with van der Waals surface area (Å²) >= 11 is 0. The molecule has 0 radical (unpaired) electrons. The summed E-state index contributed by atoms with van der Waals surface area (Å²) in [5, 5.41) is 10.6. The average molecular weight is 318 g/mol. The first kappa shape index (κ1) is 14.7. The molecule has 22 heavy (non-hydrogen) atoms. The fourth-order valence-corrected chi connectivity index (χ4v) is 3.87. The van der Waals surface area contributed by atoms with E-state index in [1.54, 1.807) is 0 Å². The van der Waals surface area contributed by atoms with Crippen LogP contribution in [0.5, 0.6) is 0 Å². The first-order valence-electron chi connectivity index (χ1n) is 6.72. The molecule has 114 valence electrons. The van der Waals surface area contributed by atoms with Gasteiger partial charge in [-0.25, -0.2) is 8.42 Å². The molecule has 0 saturated carbocycles. The van der Waals surface area contributed by atoms with Gasteiger partial charge in [-0.3, -0.25) is 10.1 Å². The van der Waals surface area contributed by atoms with E-state index in [1.807, 2.05) is 31.2 Å². The zero-order valence-corrected chi connectivity index (χ0v) is 12.7. The Morgan fingerprint density at radius 1 is 1.09 bits per heavy atom. The van der Waals surface area contributed by atoms with Gasteiger partial charge in [0.1, 0.15) is 0 Å². The highest BCUT2D eigenvalue weighted by Gasteiger charge is 2.45. The molecule has 0 aromatic heterocycles. The molecule has 2 atom stereocenters. The van der Waals surface area contributed by atoms with Gasteiger partial charge in [0.2, 0.25) is 10.0 Å². The van der Waals surface area contributed by atoms with Crippen LogP contribution >= 0.6 is 0 Å². The lowest BCUT2D eigenvalue weighted by Gasteiger charge is -2.06. The summed E-state index contributed by atoms with van der Waals surface area (Å²) in [5.74, 6) is 0. The maximum atomic E-state index is 12.5. The Kier molecular flexibility index (Phi) is 3.46. The monoisotopic (exact) mass is 318 g/mol. The summed E-state index contributed by atoms with van der Waals surface area (Å²) in [7, 11) is -3.60. The van der Waals surface area contributed by atoms with Gasteiger partial charge in [0.05, 0.1) is 15.9 Å². The van der Waals surface area contributed by atoms with E-state index in [-0.39, 0.29) is 16.6 Å². The first-order valence-corrected chi connectivity index (χ1v) is 8.16. The molecule has 1 fully saturated rings. The summed E-state index contributed by atoms with van der Waals surface area (Å²) in [6.07, 6.45) is 0. The fourth-order valence-electron chi connectivity index (χ4n) is 2.32. The number of non-ortho nitro benzene ring substituents is 1. The molecule has 1 heterocycles. The summed E-state index contributed by atoms with van der Waals surface area (Å²) < 4.78 is 26.4. The molecule has 1 unspecified atom stereocenters. The third-order valence-corrected chi connectivity index (χ3v) is 5.57. The number of nitrogens with zero attached hydrogens (tertiary/aromatic N) is 2. The second-order valence-electron chi connectivity index (χ2n) is 5.25. The lowest BCUT2D eigenvalue weighted by molar-refractivity contribution is -0.384. The molecular formula is C15H14N2O4S. The molecule has 6 nitrogen and oxygen atoms in total. The molecule has 2 aromatic rings. The third-order valence-electron chi connectivity index (χ3n) is 3.68. The van der Waals surface area contributed by atoms with Crippen LogP contribution in [0.1, 0.15) is 17.2 Å². The number of nitro groups is 1. The van der Waals surface area contributed by atoms with Crippen LogP contribution in [-0.2, 0) is 10.0 Å². The molecule has 1 aliphatic heterocycles. The van der Waals surface area contributed by atoms with Crippen LogP contribution in [-0.4, -0.2) is 24.2 Å². The van der Waals surface area contributed by atoms with E-state index in [4.69, 9.17) is 0 Å². The minimum absolute atomic E-state index is 0.0766. The Morgan fingerprint density at radius 2 is 1.68 bits per heavy atom. The number of rotatable bonds is 4. The molecule has 0 N–H and O–H groups in total. The smallest absolute Gasteiger partial charge is 0.258 e. The van der Waals surface area contributed by atoms with E-state index in [9.17, 15) is 18.5 Å². The SMILES string of the molecule is Cc1ccc([C@H]2CN2S(=O)(=O)c2ccc([N+](=O)[O-])cc2)cc1. The van der Waals surface area contributed by atoms with Gasteiger partial charge in [0.15, 0.2) is 0 Å². The van der Waals surface area contributed by atoms with Crippen LogP contribution in [0.4, 0.5) is 5.69 Å². The summed E-state index contributed by atoms with van der Waals surface area (Å²) in [5.41, 5.74) is 1.95. The number of benzene rings is 2. The minimum Gasteiger partial charge on any atom is -0.258 e. The van der Waals surface area contributed by atoms with Gasteiger partial charge in [-0.2, -0.15) is 4.31 Å². The molecule has 7 heteroatoms. The van der Waals surface area contributed by atoms with Gasteiger partial charge in [0, 0.05) is 18.7 Å². The molecule has 1 saturated heterocycles. The van der Waals surface area contributed by atoms with E-state index < -0.39 is 14.9 Å². The van der Waals surface area contributed by atoms with E-state index in [2.05, 4.69) is 0 Å². The molecule has 0 bridgehead atoms. The van der Waals surface area contributed by atoms with Gasteiger partial charge >= 0.3 is 0 Å². The highest BCUT2D eigenvalue weighted by Crippen LogP contribution is 2.40. The van der Waals surface area contributed by atoms with Crippen LogP contribution in [0.3, 0.4) is 0 Å². The zero-order chi connectivity index (χ0) is 15.9. The Balaban J connectivity index is 1.82. The molecule has 0 spiro atoms. The van der Waals surface area contributed by atoms with Crippen molar-refractivity contribution in [1.82, 2.24) is 4.31 Å². The molecule has 0 amide bonds. The second-order valence-corrected chi connectivity index (χ2v) is 7.14. The van der Waals surface area contributed by atoms with Crippen molar-refractivity contribution in [3.05, 3.63) is 69.8 Å². The van der Waals surface area contributed by atoms with Crippen molar-refractivity contribution in [1.29, 1.82) is 0 Å². The van der Waals surface area contributed by atoms with Crippen molar-refractivity contribution in [3.8, 4) is 0 Å². The standard InChI is InChI=1S/C15H14N2O4S/c1-11-2-4-12(5-3-11)15-10-16(15)22(20,21)14-8-6-13(7-9-14)17(18)19/h2-9,15H,10H2,1H3/t15-,16?/m1/s1. The summed E-state index contributed by atoms with van der Waals surface area (Å²) in [6, 6.07) is 12.6. The van der Waals surface area contributed by atoms with E-state index in [0.29, 0.717) is 6.54 Å². The third kappa shape index (κ3) is 2.60. The molecule has 3 rings (SSSR count). The van der Waals surface area contributed by atoms with Gasteiger partial charge < -0.3 is 0 Å². The minimum atomic E-state index is -3.60. The number of nitro benzene ring substituents is 1. The normalized spacial score (nSPS) is 20.6. The zero-order valence-electron chi connectivity index (χ0n) is 11.8. The van der Waals surface area contributed by atoms with Gasteiger partial charge in [-0.05, 0) is 24.6 Å². The first-order chi connectivity index (χ1) is 10.4.